The molecule has 0 bridgehead atoms. The van der Waals surface area contributed by atoms with Crippen LogP contribution in [0.15, 0.2) is 54.9 Å². The van der Waals surface area contributed by atoms with Crippen molar-refractivity contribution in [2.24, 2.45) is 7.05 Å². The van der Waals surface area contributed by atoms with Crippen molar-refractivity contribution in [3.8, 4) is 0 Å². The number of hydrogen-bond acceptors (Lipinski definition) is 2. The first kappa shape index (κ1) is 16.9. The van der Waals surface area contributed by atoms with Crippen LogP contribution in [0, 0.1) is 19.7 Å². The summed E-state index contributed by atoms with van der Waals surface area (Å²) in [5.41, 5.74) is 3.40. The minimum Gasteiger partial charge on any atom is -0.338 e. The molecule has 1 heterocycles. The van der Waals surface area contributed by atoms with Gasteiger partial charge in [0.1, 0.15) is 17.7 Å². The first-order valence-electron chi connectivity index (χ1n) is 8.07. The van der Waals surface area contributed by atoms with Crippen LogP contribution in [0.1, 0.15) is 38.9 Å². The zero-order chi connectivity index (χ0) is 18.0. The Hall–Kier alpha value is -2.95. The number of halogens is 1. The quantitative estimate of drug-likeness (QED) is 0.789. The van der Waals surface area contributed by atoms with Gasteiger partial charge in [-0.25, -0.2) is 9.37 Å². The monoisotopic (exact) mass is 337 g/mol. The molecule has 3 aromatic rings. The summed E-state index contributed by atoms with van der Waals surface area (Å²) in [6.07, 6.45) is 3.49. The lowest BCUT2D eigenvalue weighted by Gasteiger charge is -2.20. The molecule has 0 saturated carbocycles. The standard InChI is InChI=1S/C20H20FN3O/c1-13-5-4-6-17(14(13)2)20(25)23-18(19-22-11-12-24(19)3)15-7-9-16(21)10-8-15/h4-12,18H,1-3H3,(H,23,25). The molecule has 1 aromatic heterocycles. The number of nitrogens with one attached hydrogen (secondary N) is 1. The number of carbonyl (C=O) groups is 1. The molecule has 0 aliphatic rings. The summed E-state index contributed by atoms with van der Waals surface area (Å²) < 4.78 is 15.1. The van der Waals surface area contributed by atoms with E-state index in [9.17, 15) is 9.18 Å². The van der Waals surface area contributed by atoms with E-state index in [2.05, 4.69) is 10.3 Å². The fourth-order valence-corrected chi connectivity index (χ4v) is 2.81. The number of hydrogen-bond donors (Lipinski definition) is 1. The van der Waals surface area contributed by atoms with Crippen LogP contribution < -0.4 is 5.32 Å². The molecule has 1 atom stereocenters. The molecule has 128 valence electrons. The summed E-state index contributed by atoms with van der Waals surface area (Å²) in [7, 11) is 1.86. The average molecular weight is 337 g/mol. The Kier molecular flexibility index (Phi) is 4.65. The minimum absolute atomic E-state index is 0.182. The Morgan fingerprint density at radius 2 is 1.88 bits per heavy atom. The Morgan fingerprint density at radius 3 is 2.52 bits per heavy atom. The molecule has 0 saturated heterocycles. The Labute approximate surface area is 146 Å². The van der Waals surface area contributed by atoms with E-state index < -0.39 is 6.04 Å². The van der Waals surface area contributed by atoms with Crippen molar-refractivity contribution >= 4 is 5.91 Å². The van der Waals surface area contributed by atoms with Gasteiger partial charge in [0.15, 0.2) is 0 Å². The van der Waals surface area contributed by atoms with Crippen molar-refractivity contribution in [2.45, 2.75) is 19.9 Å². The second kappa shape index (κ2) is 6.89. The van der Waals surface area contributed by atoms with Gasteiger partial charge in [0, 0.05) is 25.0 Å². The molecule has 3 rings (SSSR count). The largest absolute Gasteiger partial charge is 0.338 e. The molecule has 5 heteroatoms. The molecular weight excluding hydrogens is 317 g/mol. The first-order valence-corrected chi connectivity index (χ1v) is 8.07. The molecule has 0 spiro atoms. The summed E-state index contributed by atoms with van der Waals surface area (Å²) in [4.78, 5) is 17.2. The third-order valence-electron chi connectivity index (χ3n) is 4.44. The molecule has 4 nitrogen and oxygen atoms in total. The number of aromatic nitrogens is 2. The second-order valence-corrected chi connectivity index (χ2v) is 6.10. The van der Waals surface area contributed by atoms with Gasteiger partial charge in [0.25, 0.3) is 5.91 Å². The fraction of sp³-hybridized carbons (Fsp3) is 0.200. The van der Waals surface area contributed by atoms with Gasteiger partial charge >= 0.3 is 0 Å². The Bertz CT molecular complexity index is 900. The van der Waals surface area contributed by atoms with Gasteiger partial charge < -0.3 is 9.88 Å². The van der Waals surface area contributed by atoms with Crippen molar-refractivity contribution in [3.63, 3.8) is 0 Å². The van der Waals surface area contributed by atoms with Crippen molar-refractivity contribution < 1.29 is 9.18 Å². The average Bonchev–Trinajstić information content (AvgIpc) is 3.02. The zero-order valence-electron chi connectivity index (χ0n) is 14.5. The Morgan fingerprint density at radius 1 is 1.16 bits per heavy atom. The molecule has 1 amide bonds. The Balaban J connectivity index is 1.98. The predicted molar refractivity (Wildman–Crippen MR) is 94.8 cm³/mol. The van der Waals surface area contributed by atoms with Crippen molar-refractivity contribution in [3.05, 3.63) is 88.8 Å². The highest BCUT2D eigenvalue weighted by Crippen LogP contribution is 2.22. The molecule has 1 unspecified atom stereocenters. The van der Waals surface area contributed by atoms with Gasteiger partial charge in [-0.3, -0.25) is 4.79 Å². The van der Waals surface area contributed by atoms with Crippen LogP contribution >= 0.6 is 0 Å². The predicted octanol–water partition coefficient (Wildman–Crippen LogP) is 3.70. The van der Waals surface area contributed by atoms with E-state index in [-0.39, 0.29) is 11.7 Å². The van der Waals surface area contributed by atoms with Gasteiger partial charge in [-0.15, -0.1) is 0 Å². The normalized spacial score (nSPS) is 12.0. The van der Waals surface area contributed by atoms with Crippen molar-refractivity contribution in [1.82, 2.24) is 14.9 Å². The van der Waals surface area contributed by atoms with Crippen LogP contribution in [0.5, 0.6) is 0 Å². The minimum atomic E-state index is -0.465. The van der Waals surface area contributed by atoms with Crippen LogP contribution in [-0.4, -0.2) is 15.5 Å². The van der Waals surface area contributed by atoms with Gasteiger partial charge in [0.2, 0.25) is 0 Å². The molecule has 0 aliphatic carbocycles. The number of carbonyl (C=O) groups excluding carboxylic acids is 1. The van der Waals surface area contributed by atoms with E-state index in [1.54, 1.807) is 24.4 Å². The molecule has 25 heavy (non-hydrogen) atoms. The summed E-state index contributed by atoms with van der Waals surface area (Å²) in [6, 6.07) is 11.3. The summed E-state index contributed by atoms with van der Waals surface area (Å²) >= 11 is 0. The van der Waals surface area contributed by atoms with Crippen LogP contribution in [0.25, 0.3) is 0 Å². The smallest absolute Gasteiger partial charge is 0.252 e. The molecule has 1 N–H and O–H groups in total. The van der Waals surface area contributed by atoms with Crippen molar-refractivity contribution in [2.75, 3.05) is 0 Å². The van der Waals surface area contributed by atoms with Gasteiger partial charge in [0.05, 0.1) is 0 Å². The molecule has 0 aliphatic heterocycles. The molecule has 2 aromatic carbocycles. The topological polar surface area (TPSA) is 46.9 Å². The van der Waals surface area contributed by atoms with Crippen LogP contribution in [-0.2, 0) is 7.05 Å². The van der Waals surface area contributed by atoms with E-state index in [1.165, 1.54) is 12.1 Å². The van der Waals surface area contributed by atoms with Gasteiger partial charge in [-0.1, -0.05) is 24.3 Å². The van der Waals surface area contributed by atoms with Crippen LogP contribution in [0.2, 0.25) is 0 Å². The first-order chi connectivity index (χ1) is 12.0. The maximum Gasteiger partial charge on any atom is 0.252 e. The van der Waals surface area contributed by atoms with Gasteiger partial charge in [-0.2, -0.15) is 0 Å². The number of benzene rings is 2. The lowest BCUT2D eigenvalue weighted by molar-refractivity contribution is 0.0940. The lowest BCUT2D eigenvalue weighted by Crippen LogP contribution is -2.31. The zero-order valence-corrected chi connectivity index (χ0v) is 14.5. The number of aryl methyl sites for hydroxylation is 2. The van der Waals surface area contributed by atoms with E-state index in [0.29, 0.717) is 11.4 Å². The third kappa shape index (κ3) is 3.45. The van der Waals surface area contributed by atoms with Crippen molar-refractivity contribution in [1.29, 1.82) is 0 Å². The SMILES string of the molecule is Cc1cccc(C(=O)NC(c2ccc(F)cc2)c2nccn2C)c1C. The van der Waals surface area contributed by atoms with E-state index >= 15 is 0 Å². The highest BCUT2D eigenvalue weighted by atomic mass is 19.1. The molecule has 0 radical (unpaired) electrons. The molecular formula is C20H20FN3O. The highest BCUT2D eigenvalue weighted by molar-refractivity contribution is 5.96. The maximum absolute atomic E-state index is 13.3. The summed E-state index contributed by atoms with van der Waals surface area (Å²) in [6.45, 7) is 3.90. The van der Waals surface area contributed by atoms with E-state index in [0.717, 1.165) is 16.7 Å². The maximum atomic E-state index is 13.3. The van der Waals surface area contributed by atoms with Crippen LogP contribution in [0.4, 0.5) is 4.39 Å². The van der Waals surface area contributed by atoms with Crippen LogP contribution in [0.3, 0.4) is 0 Å². The lowest BCUT2D eigenvalue weighted by atomic mass is 10.0. The van der Waals surface area contributed by atoms with Gasteiger partial charge in [-0.05, 0) is 48.7 Å². The number of rotatable bonds is 4. The highest BCUT2D eigenvalue weighted by Gasteiger charge is 2.22. The molecule has 0 fully saturated rings. The fourth-order valence-electron chi connectivity index (χ4n) is 2.81. The third-order valence-corrected chi connectivity index (χ3v) is 4.44. The number of amides is 1. The van der Waals surface area contributed by atoms with E-state index in [4.69, 9.17) is 0 Å². The number of nitrogens with zero attached hydrogens (tertiary/aromatic N) is 2. The summed E-state index contributed by atoms with van der Waals surface area (Å²) in [5, 5.41) is 3.04. The number of imidazole rings is 1. The van der Waals surface area contributed by atoms with E-state index in [1.807, 2.05) is 43.8 Å². The second-order valence-electron chi connectivity index (χ2n) is 6.10. The summed E-state index contributed by atoms with van der Waals surface area (Å²) in [5.74, 6) is 0.187.